The van der Waals surface area contributed by atoms with Gasteiger partial charge in [-0.15, -0.1) is 11.3 Å². The summed E-state index contributed by atoms with van der Waals surface area (Å²) in [7, 11) is 0. The highest BCUT2D eigenvalue weighted by Crippen LogP contribution is 2.25. The summed E-state index contributed by atoms with van der Waals surface area (Å²) in [6.45, 7) is 6.07. The van der Waals surface area contributed by atoms with E-state index in [0.717, 1.165) is 31.3 Å². The lowest BCUT2D eigenvalue weighted by atomic mass is 10.1. The van der Waals surface area contributed by atoms with E-state index in [9.17, 15) is 9.18 Å². The number of hydrogen-bond acceptors (Lipinski definition) is 5. The third-order valence-corrected chi connectivity index (χ3v) is 5.97. The number of thiazole rings is 1. The Morgan fingerprint density at radius 1 is 1.25 bits per heavy atom. The zero-order chi connectivity index (χ0) is 19.5. The van der Waals surface area contributed by atoms with Crippen molar-refractivity contribution in [2.24, 2.45) is 0 Å². The summed E-state index contributed by atoms with van der Waals surface area (Å²) in [6.07, 6.45) is 8.16. The van der Waals surface area contributed by atoms with Gasteiger partial charge in [0.05, 0.1) is 5.56 Å². The first-order valence-corrected chi connectivity index (χ1v) is 10.3. The summed E-state index contributed by atoms with van der Waals surface area (Å²) in [6, 6.07) is 4.99. The van der Waals surface area contributed by atoms with Crippen LogP contribution >= 0.6 is 11.3 Å². The van der Waals surface area contributed by atoms with E-state index in [1.165, 1.54) is 5.70 Å². The first-order chi connectivity index (χ1) is 13.6. The van der Waals surface area contributed by atoms with Crippen LogP contribution in [0.1, 0.15) is 15.9 Å². The number of allylic oxidation sites excluding steroid dienone is 2. The van der Waals surface area contributed by atoms with Gasteiger partial charge in [-0.3, -0.25) is 9.69 Å². The molecule has 0 atom stereocenters. The fourth-order valence-electron chi connectivity index (χ4n) is 3.56. The lowest BCUT2D eigenvalue weighted by Gasteiger charge is -2.37. The Morgan fingerprint density at radius 2 is 2.07 bits per heavy atom. The van der Waals surface area contributed by atoms with E-state index in [4.69, 9.17) is 0 Å². The van der Waals surface area contributed by atoms with E-state index in [0.29, 0.717) is 18.7 Å². The largest absolute Gasteiger partial charge is 0.336 e. The third kappa shape index (κ3) is 3.86. The van der Waals surface area contributed by atoms with Crippen molar-refractivity contribution in [2.45, 2.75) is 6.92 Å². The Labute approximate surface area is 168 Å². The zero-order valence-electron chi connectivity index (χ0n) is 15.8. The Morgan fingerprint density at radius 3 is 2.82 bits per heavy atom. The number of hydrogen-bond donors (Lipinski definition) is 0. The minimum atomic E-state index is -0.409. The fourth-order valence-corrected chi connectivity index (χ4v) is 4.25. The van der Waals surface area contributed by atoms with E-state index < -0.39 is 5.82 Å². The van der Waals surface area contributed by atoms with Crippen molar-refractivity contribution >= 4 is 22.4 Å². The quantitative estimate of drug-likeness (QED) is 0.792. The molecule has 3 heterocycles. The number of piperazine rings is 1. The van der Waals surface area contributed by atoms with Crippen LogP contribution in [0, 0.1) is 12.7 Å². The number of amides is 1. The van der Waals surface area contributed by atoms with Crippen LogP contribution in [0.25, 0.3) is 0 Å². The summed E-state index contributed by atoms with van der Waals surface area (Å²) >= 11 is 1.63. The molecule has 0 spiro atoms. The number of carbonyl (C=O) groups excluding carboxylic acids is 1. The van der Waals surface area contributed by atoms with Gasteiger partial charge in [0.25, 0.3) is 5.91 Å². The third-order valence-electron chi connectivity index (χ3n) is 5.18. The van der Waals surface area contributed by atoms with E-state index in [-0.39, 0.29) is 11.5 Å². The average Bonchev–Trinajstić information content (AvgIpc) is 3.25. The summed E-state index contributed by atoms with van der Waals surface area (Å²) < 4.78 is 14.3. The van der Waals surface area contributed by atoms with Gasteiger partial charge in [-0.25, -0.2) is 9.37 Å². The molecule has 1 aromatic heterocycles. The molecule has 5 nitrogen and oxygen atoms in total. The van der Waals surface area contributed by atoms with Gasteiger partial charge in [0, 0.05) is 56.5 Å². The predicted molar refractivity (Wildman–Crippen MR) is 110 cm³/mol. The molecule has 2 aliphatic rings. The van der Waals surface area contributed by atoms with Crippen LogP contribution in [0.4, 0.5) is 9.52 Å². The van der Waals surface area contributed by atoms with E-state index in [2.05, 4.69) is 33.0 Å². The molecule has 0 unspecified atom stereocenters. The van der Waals surface area contributed by atoms with Crippen molar-refractivity contribution in [3.8, 4) is 0 Å². The molecular weight excluding hydrogens is 375 g/mol. The number of rotatable bonds is 4. The number of carbonyl (C=O) groups is 1. The molecule has 0 saturated carbocycles. The van der Waals surface area contributed by atoms with Gasteiger partial charge in [0.2, 0.25) is 0 Å². The van der Waals surface area contributed by atoms with Crippen LogP contribution in [0.5, 0.6) is 0 Å². The maximum absolute atomic E-state index is 14.3. The summed E-state index contributed by atoms with van der Waals surface area (Å²) in [4.78, 5) is 23.5. The molecular formula is C21H23FN4OS. The minimum Gasteiger partial charge on any atom is -0.336 e. The molecule has 7 heteroatoms. The maximum atomic E-state index is 14.3. The second kappa shape index (κ2) is 8.24. The minimum absolute atomic E-state index is 0.170. The smallest absolute Gasteiger partial charge is 0.256 e. The highest BCUT2D eigenvalue weighted by molar-refractivity contribution is 7.13. The van der Waals surface area contributed by atoms with E-state index >= 15 is 0 Å². The molecule has 2 aromatic rings. The Balaban J connectivity index is 1.38. The Hall–Kier alpha value is -2.51. The molecule has 0 N–H and O–H groups in total. The molecule has 1 aromatic carbocycles. The normalized spacial score (nSPS) is 17.7. The second-order valence-electron chi connectivity index (χ2n) is 7.02. The Bertz CT molecular complexity index is 901. The lowest BCUT2D eigenvalue weighted by molar-refractivity contribution is 0.0642. The van der Waals surface area contributed by atoms with Gasteiger partial charge in [-0.05, 0) is 24.6 Å². The van der Waals surface area contributed by atoms with Crippen molar-refractivity contribution in [3.05, 3.63) is 70.6 Å². The van der Waals surface area contributed by atoms with Crippen molar-refractivity contribution in [2.75, 3.05) is 44.2 Å². The number of aromatic nitrogens is 1. The summed E-state index contributed by atoms with van der Waals surface area (Å²) in [5.74, 6) is -0.627. The van der Waals surface area contributed by atoms with Crippen molar-refractivity contribution < 1.29 is 9.18 Å². The highest BCUT2D eigenvalue weighted by atomic mass is 32.1. The summed E-state index contributed by atoms with van der Waals surface area (Å²) in [5.41, 5.74) is 1.88. The van der Waals surface area contributed by atoms with Crippen LogP contribution in [0.15, 0.2) is 53.7 Å². The van der Waals surface area contributed by atoms with Gasteiger partial charge in [0.15, 0.2) is 5.13 Å². The van der Waals surface area contributed by atoms with Gasteiger partial charge >= 0.3 is 0 Å². The van der Waals surface area contributed by atoms with Crippen LogP contribution < -0.4 is 4.90 Å². The molecule has 2 aliphatic heterocycles. The van der Waals surface area contributed by atoms with Gasteiger partial charge in [0.1, 0.15) is 5.82 Å². The SMILES string of the molecule is Cc1cccc(C(=O)N2CCN(CC3=CC=CCN3c3nccs3)CC2)c1F. The number of benzene rings is 1. The van der Waals surface area contributed by atoms with Crippen LogP contribution in [0.3, 0.4) is 0 Å². The second-order valence-corrected chi connectivity index (χ2v) is 7.89. The van der Waals surface area contributed by atoms with Gasteiger partial charge in [-0.2, -0.15) is 0 Å². The number of nitrogens with zero attached hydrogens (tertiary/aromatic N) is 4. The fraction of sp³-hybridized carbons (Fsp3) is 0.333. The molecule has 0 aliphatic carbocycles. The molecule has 146 valence electrons. The van der Waals surface area contributed by atoms with Crippen LogP contribution in [-0.4, -0.2) is 60.0 Å². The first-order valence-electron chi connectivity index (χ1n) is 9.43. The lowest BCUT2D eigenvalue weighted by Crippen LogP contribution is -2.50. The molecule has 4 rings (SSSR count). The predicted octanol–water partition coefficient (Wildman–Crippen LogP) is 3.31. The zero-order valence-corrected chi connectivity index (χ0v) is 16.7. The van der Waals surface area contributed by atoms with Gasteiger partial charge in [-0.1, -0.05) is 24.3 Å². The standard InChI is InChI=1S/C21H23FN4OS/c1-16-5-4-7-18(19(16)22)20(27)25-12-10-24(11-13-25)15-17-6-2-3-9-26(17)21-23-8-14-28-21/h2-8,14H,9-13,15H2,1H3. The number of aryl methyl sites for hydroxylation is 1. The van der Waals surface area contributed by atoms with E-state index in [1.54, 1.807) is 41.4 Å². The van der Waals surface area contributed by atoms with Crippen molar-refractivity contribution in [1.29, 1.82) is 0 Å². The van der Waals surface area contributed by atoms with Crippen LogP contribution in [0.2, 0.25) is 0 Å². The molecule has 1 fully saturated rings. The molecule has 0 bridgehead atoms. The average molecular weight is 399 g/mol. The van der Waals surface area contributed by atoms with E-state index in [1.807, 2.05) is 11.6 Å². The molecule has 1 saturated heterocycles. The molecule has 28 heavy (non-hydrogen) atoms. The van der Waals surface area contributed by atoms with Crippen molar-refractivity contribution in [3.63, 3.8) is 0 Å². The molecule has 1 amide bonds. The maximum Gasteiger partial charge on any atom is 0.256 e. The number of anilines is 1. The Kier molecular flexibility index (Phi) is 5.54. The van der Waals surface area contributed by atoms with Gasteiger partial charge < -0.3 is 9.80 Å². The van der Waals surface area contributed by atoms with Crippen molar-refractivity contribution in [1.82, 2.24) is 14.8 Å². The number of halogens is 1. The topological polar surface area (TPSA) is 39.7 Å². The highest BCUT2D eigenvalue weighted by Gasteiger charge is 2.26. The van der Waals surface area contributed by atoms with Crippen LogP contribution in [-0.2, 0) is 0 Å². The summed E-state index contributed by atoms with van der Waals surface area (Å²) in [5, 5.41) is 2.99. The monoisotopic (exact) mass is 398 g/mol. The molecule has 0 radical (unpaired) electrons. The first kappa shape index (κ1) is 18.8.